The van der Waals surface area contributed by atoms with Crippen LogP contribution in [-0.2, 0) is 12.8 Å². The standard InChI is InChI=1S/C24H28N2/c1-15-9-7-11-21(17(15)3)13-23-19(5)20(6)25-24(26-23)14-22-12-8-10-16(2)18(22)4/h7-12H,13-14H2,1-6H3. The molecule has 26 heavy (non-hydrogen) atoms. The van der Waals surface area contributed by atoms with Gasteiger partial charge in [0.05, 0.1) is 5.69 Å². The van der Waals surface area contributed by atoms with Crippen LogP contribution in [0.3, 0.4) is 0 Å². The van der Waals surface area contributed by atoms with Gasteiger partial charge in [-0.3, -0.25) is 0 Å². The smallest absolute Gasteiger partial charge is 0.133 e. The highest BCUT2D eigenvalue weighted by Gasteiger charge is 2.12. The monoisotopic (exact) mass is 344 g/mol. The van der Waals surface area contributed by atoms with E-state index >= 15 is 0 Å². The summed E-state index contributed by atoms with van der Waals surface area (Å²) in [5.74, 6) is 0.919. The van der Waals surface area contributed by atoms with E-state index in [-0.39, 0.29) is 0 Å². The number of aromatic nitrogens is 2. The highest BCUT2D eigenvalue weighted by molar-refractivity contribution is 5.39. The number of benzene rings is 2. The molecule has 2 heteroatoms. The van der Waals surface area contributed by atoms with E-state index in [9.17, 15) is 0 Å². The third kappa shape index (κ3) is 3.70. The molecule has 2 aromatic carbocycles. The van der Waals surface area contributed by atoms with E-state index < -0.39 is 0 Å². The summed E-state index contributed by atoms with van der Waals surface area (Å²) in [6.45, 7) is 12.9. The highest BCUT2D eigenvalue weighted by atomic mass is 14.9. The van der Waals surface area contributed by atoms with Crippen LogP contribution in [0.1, 0.15) is 56.2 Å². The minimum absolute atomic E-state index is 0.786. The molecule has 3 rings (SSSR count). The van der Waals surface area contributed by atoms with Crippen molar-refractivity contribution >= 4 is 0 Å². The summed E-state index contributed by atoms with van der Waals surface area (Å²) in [5.41, 5.74) is 11.4. The summed E-state index contributed by atoms with van der Waals surface area (Å²) in [5, 5.41) is 0. The first-order valence-electron chi connectivity index (χ1n) is 9.30. The van der Waals surface area contributed by atoms with Crippen molar-refractivity contribution in [3.63, 3.8) is 0 Å². The van der Waals surface area contributed by atoms with Crippen LogP contribution in [0.15, 0.2) is 36.4 Å². The molecule has 0 fully saturated rings. The van der Waals surface area contributed by atoms with Crippen molar-refractivity contribution < 1.29 is 0 Å². The van der Waals surface area contributed by atoms with Gasteiger partial charge in [-0.1, -0.05) is 36.4 Å². The van der Waals surface area contributed by atoms with E-state index in [0.717, 1.165) is 30.1 Å². The number of aryl methyl sites for hydroxylation is 3. The largest absolute Gasteiger partial charge is 0.238 e. The minimum Gasteiger partial charge on any atom is -0.238 e. The number of hydrogen-bond acceptors (Lipinski definition) is 2. The average molecular weight is 345 g/mol. The van der Waals surface area contributed by atoms with Crippen molar-refractivity contribution in [2.75, 3.05) is 0 Å². The van der Waals surface area contributed by atoms with Gasteiger partial charge in [-0.15, -0.1) is 0 Å². The molecule has 1 heterocycles. The summed E-state index contributed by atoms with van der Waals surface area (Å²) in [6.07, 6.45) is 1.65. The fraction of sp³-hybridized carbons (Fsp3) is 0.333. The summed E-state index contributed by atoms with van der Waals surface area (Å²) >= 11 is 0. The molecule has 0 aliphatic rings. The first-order valence-corrected chi connectivity index (χ1v) is 9.30. The number of hydrogen-bond donors (Lipinski definition) is 0. The Balaban J connectivity index is 1.97. The maximum Gasteiger partial charge on any atom is 0.133 e. The van der Waals surface area contributed by atoms with E-state index in [0.29, 0.717) is 0 Å². The molecule has 1 aromatic heterocycles. The Labute approximate surface area is 157 Å². The molecule has 0 amide bonds. The topological polar surface area (TPSA) is 25.8 Å². The van der Waals surface area contributed by atoms with Crippen LogP contribution >= 0.6 is 0 Å². The fourth-order valence-corrected chi connectivity index (χ4v) is 3.36. The van der Waals surface area contributed by atoms with Crippen LogP contribution in [-0.4, -0.2) is 9.97 Å². The Bertz CT molecular complexity index is 955. The molecule has 0 N–H and O–H groups in total. The Morgan fingerprint density at radius 1 is 0.615 bits per heavy atom. The lowest BCUT2D eigenvalue weighted by molar-refractivity contribution is 0.871. The molecule has 2 nitrogen and oxygen atoms in total. The van der Waals surface area contributed by atoms with E-state index in [1.54, 1.807) is 0 Å². The zero-order valence-electron chi connectivity index (χ0n) is 16.8. The van der Waals surface area contributed by atoms with Crippen LogP contribution in [0.5, 0.6) is 0 Å². The second-order valence-corrected chi connectivity index (χ2v) is 7.37. The first-order chi connectivity index (χ1) is 12.4. The predicted molar refractivity (Wildman–Crippen MR) is 109 cm³/mol. The van der Waals surface area contributed by atoms with Crippen LogP contribution in [0.2, 0.25) is 0 Å². The normalized spacial score (nSPS) is 11.0. The maximum atomic E-state index is 4.95. The lowest BCUT2D eigenvalue weighted by Crippen LogP contribution is -2.08. The fourth-order valence-electron chi connectivity index (χ4n) is 3.36. The second kappa shape index (κ2) is 7.41. The molecular formula is C24H28N2. The second-order valence-electron chi connectivity index (χ2n) is 7.37. The molecule has 134 valence electrons. The Morgan fingerprint density at radius 3 is 1.73 bits per heavy atom. The number of nitrogens with zero attached hydrogens (tertiary/aromatic N) is 2. The zero-order chi connectivity index (χ0) is 18.8. The van der Waals surface area contributed by atoms with Crippen LogP contribution in [0.25, 0.3) is 0 Å². The van der Waals surface area contributed by atoms with E-state index in [2.05, 4.69) is 77.9 Å². The minimum atomic E-state index is 0.786. The van der Waals surface area contributed by atoms with Gasteiger partial charge in [0.15, 0.2) is 0 Å². The third-order valence-corrected chi connectivity index (χ3v) is 5.68. The van der Waals surface area contributed by atoms with Gasteiger partial charge < -0.3 is 0 Å². The van der Waals surface area contributed by atoms with Crippen molar-refractivity contribution in [3.8, 4) is 0 Å². The van der Waals surface area contributed by atoms with Crippen molar-refractivity contribution in [2.24, 2.45) is 0 Å². The molecule has 0 atom stereocenters. The molecular weight excluding hydrogens is 316 g/mol. The maximum absolute atomic E-state index is 4.95. The molecule has 0 spiro atoms. The lowest BCUT2D eigenvalue weighted by Gasteiger charge is -2.14. The predicted octanol–water partition coefficient (Wildman–Crippen LogP) is 5.51. The molecule has 0 saturated heterocycles. The average Bonchev–Trinajstić information content (AvgIpc) is 2.60. The van der Waals surface area contributed by atoms with Gasteiger partial charge in [-0.05, 0) is 80.5 Å². The summed E-state index contributed by atoms with van der Waals surface area (Å²) in [6, 6.07) is 13.0. The first kappa shape index (κ1) is 18.3. The summed E-state index contributed by atoms with van der Waals surface area (Å²) in [4.78, 5) is 9.72. The van der Waals surface area contributed by atoms with Crippen LogP contribution < -0.4 is 0 Å². The van der Waals surface area contributed by atoms with Gasteiger partial charge in [0.2, 0.25) is 0 Å². The summed E-state index contributed by atoms with van der Waals surface area (Å²) < 4.78 is 0. The number of rotatable bonds is 4. The van der Waals surface area contributed by atoms with Crippen molar-refractivity contribution in [3.05, 3.63) is 92.6 Å². The third-order valence-electron chi connectivity index (χ3n) is 5.68. The van der Waals surface area contributed by atoms with Gasteiger partial charge in [-0.2, -0.15) is 0 Å². The SMILES string of the molecule is Cc1cccc(Cc2nc(C)c(C)c(Cc3cccc(C)c3C)n2)c1C. The van der Waals surface area contributed by atoms with Gasteiger partial charge >= 0.3 is 0 Å². The van der Waals surface area contributed by atoms with Gasteiger partial charge in [0, 0.05) is 18.5 Å². The zero-order valence-corrected chi connectivity index (χ0v) is 16.8. The Hall–Kier alpha value is -2.48. The lowest BCUT2D eigenvalue weighted by atomic mass is 9.97. The Morgan fingerprint density at radius 2 is 1.15 bits per heavy atom. The van der Waals surface area contributed by atoms with Crippen LogP contribution in [0, 0.1) is 41.5 Å². The van der Waals surface area contributed by atoms with Crippen molar-refractivity contribution in [1.29, 1.82) is 0 Å². The molecule has 3 aromatic rings. The highest BCUT2D eigenvalue weighted by Crippen LogP contribution is 2.21. The molecule has 0 aliphatic heterocycles. The molecule has 0 unspecified atom stereocenters. The van der Waals surface area contributed by atoms with E-state index in [1.165, 1.54) is 38.9 Å². The quantitative estimate of drug-likeness (QED) is 0.624. The van der Waals surface area contributed by atoms with E-state index in [4.69, 9.17) is 9.97 Å². The van der Waals surface area contributed by atoms with Crippen molar-refractivity contribution in [2.45, 2.75) is 54.4 Å². The summed E-state index contributed by atoms with van der Waals surface area (Å²) in [7, 11) is 0. The van der Waals surface area contributed by atoms with E-state index in [1.807, 2.05) is 0 Å². The van der Waals surface area contributed by atoms with Gasteiger partial charge in [0.1, 0.15) is 5.82 Å². The van der Waals surface area contributed by atoms with Crippen LogP contribution in [0.4, 0.5) is 0 Å². The molecule has 0 bridgehead atoms. The van der Waals surface area contributed by atoms with Gasteiger partial charge in [0.25, 0.3) is 0 Å². The van der Waals surface area contributed by atoms with Gasteiger partial charge in [-0.25, -0.2) is 9.97 Å². The molecule has 0 aliphatic carbocycles. The molecule has 0 saturated carbocycles. The molecule has 0 radical (unpaired) electrons. The Kier molecular flexibility index (Phi) is 5.22. The van der Waals surface area contributed by atoms with Crippen molar-refractivity contribution in [1.82, 2.24) is 9.97 Å².